The van der Waals surface area contributed by atoms with Crippen LogP contribution < -0.4 is 14.7 Å². The lowest BCUT2D eigenvalue weighted by molar-refractivity contribution is -0.312. The lowest BCUT2D eigenvalue weighted by Gasteiger charge is -2.41. The van der Waals surface area contributed by atoms with Crippen molar-refractivity contribution in [3.05, 3.63) is 12.7 Å². The van der Waals surface area contributed by atoms with Crippen LogP contribution in [-0.2, 0) is 9.13 Å². The number of allylic oxidation sites excluding steroid dienone is 1. The van der Waals surface area contributed by atoms with Crippen molar-refractivity contribution in [2.24, 2.45) is 0 Å². The Morgan fingerprint density at radius 3 is 1.91 bits per heavy atom. The Morgan fingerprint density at radius 2 is 1.43 bits per heavy atom. The molecule has 0 bridgehead atoms. The number of hydrogen-bond donors (Lipinski definition) is 0. The minimum atomic E-state index is -5.04. The summed E-state index contributed by atoms with van der Waals surface area (Å²) in [5.41, 5.74) is -0.725. The molecule has 0 heterocycles. The Kier molecular flexibility index (Phi) is 12.5. The van der Waals surface area contributed by atoms with Crippen molar-refractivity contribution < 1.29 is 23.8 Å². The second-order valence-electron chi connectivity index (χ2n) is 6.26. The van der Waals surface area contributed by atoms with E-state index in [1.165, 1.54) is 25.7 Å². The third-order valence-corrected chi connectivity index (χ3v) is 8.61. The van der Waals surface area contributed by atoms with Gasteiger partial charge in [0.2, 0.25) is 0 Å². The molecule has 0 rings (SSSR count). The van der Waals surface area contributed by atoms with Crippen molar-refractivity contribution >= 4 is 15.0 Å². The Balaban J connectivity index is 4.22. The molecular formula is C16H31O5P2-3. The number of rotatable bonds is 15. The van der Waals surface area contributed by atoms with Gasteiger partial charge in [0.1, 0.15) is 0 Å². The van der Waals surface area contributed by atoms with Crippen LogP contribution >= 0.6 is 15.0 Å². The third-order valence-electron chi connectivity index (χ3n) is 4.02. The van der Waals surface area contributed by atoms with E-state index < -0.39 is 26.5 Å². The molecule has 0 aliphatic carbocycles. The smallest absolute Gasteiger partial charge is 0.0226 e. The number of unbranched alkanes of at least 4 members (excludes halogenated alkanes) is 7. The van der Waals surface area contributed by atoms with Crippen molar-refractivity contribution in [1.29, 1.82) is 0 Å². The van der Waals surface area contributed by atoms with E-state index >= 15 is 0 Å². The van der Waals surface area contributed by atoms with Crippen LogP contribution in [0, 0.1) is 0 Å². The molecule has 0 fully saturated rings. The second kappa shape index (κ2) is 12.4. The zero-order valence-electron chi connectivity index (χ0n) is 14.3. The van der Waals surface area contributed by atoms with Gasteiger partial charge < -0.3 is 23.8 Å². The summed E-state index contributed by atoms with van der Waals surface area (Å²) in [6.07, 6.45) is 11.8. The van der Waals surface area contributed by atoms with E-state index in [-0.39, 0.29) is 0 Å². The first-order valence-electron chi connectivity index (χ1n) is 8.64. The fraction of sp³-hybridized carbons (Fsp3) is 0.875. The van der Waals surface area contributed by atoms with Gasteiger partial charge in [-0.15, -0.1) is 6.58 Å². The molecule has 2 atom stereocenters. The van der Waals surface area contributed by atoms with Gasteiger partial charge in [-0.25, -0.2) is 0 Å². The summed E-state index contributed by atoms with van der Waals surface area (Å²) in [7, 11) is -9.25. The average Bonchev–Trinajstić information content (AvgIpc) is 2.42. The highest BCUT2D eigenvalue weighted by Gasteiger charge is 2.22. The summed E-state index contributed by atoms with van der Waals surface area (Å²) >= 11 is 0. The molecule has 0 saturated carbocycles. The molecule has 0 aliphatic rings. The maximum absolute atomic E-state index is 12.1. The van der Waals surface area contributed by atoms with E-state index in [2.05, 4.69) is 13.5 Å². The fourth-order valence-electron chi connectivity index (χ4n) is 2.72. The van der Waals surface area contributed by atoms with Crippen molar-refractivity contribution in [2.75, 3.05) is 5.90 Å². The monoisotopic (exact) mass is 365 g/mol. The highest BCUT2D eigenvalue weighted by Crippen LogP contribution is 2.53. The second-order valence-corrected chi connectivity index (χ2v) is 10.8. The summed E-state index contributed by atoms with van der Waals surface area (Å²) in [5.74, 6) is -1.24. The maximum Gasteiger partial charge on any atom is 0.0226 e. The van der Waals surface area contributed by atoms with Crippen LogP contribution in [-0.4, -0.2) is 11.6 Å². The Labute approximate surface area is 141 Å². The molecule has 7 heteroatoms. The predicted octanol–water partition coefficient (Wildman–Crippen LogP) is 3.36. The first-order valence-corrected chi connectivity index (χ1v) is 12.3. The van der Waals surface area contributed by atoms with E-state index in [9.17, 15) is 23.8 Å². The standard InChI is InChI=1S/C16H34O5P2/c1-3-5-7-8-9-10-11-12-14-16(13-6-4-2)22(17,18)15-23(19,20)21/h4,16H,2-3,5-15H2,1H3,(H,17,18)(H2,19,20,21)/p-3. The molecule has 138 valence electrons. The molecule has 2 unspecified atom stereocenters. The van der Waals surface area contributed by atoms with Crippen molar-refractivity contribution in [3.63, 3.8) is 0 Å². The van der Waals surface area contributed by atoms with E-state index in [0.717, 1.165) is 25.7 Å². The van der Waals surface area contributed by atoms with Crippen LogP contribution in [0.4, 0.5) is 0 Å². The van der Waals surface area contributed by atoms with Gasteiger partial charge in [-0.3, -0.25) is 0 Å². The van der Waals surface area contributed by atoms with E-state index in [1.807, 2.05) is 0 Å². The van der Waals surface area contributed by atoms with E-state index in [4.69, 9.17) is 0 Å². The summed E-state index contributed by atoms with van der Waals surface area (Å²) in [4.78, 5) is 33.7. The highest BCUT2D eigenvalue weighted by molar-refractivity contribution is 7.71. The molecule has 0 saturated heterocycles. The Morgan fingerprint density at radius 1 is 0.913 bits per heavy atom. The van der Waals surface area contributed by atoms with Crippen LogP contribution in [0.1, 0.15) is 77.6 Å². The highest BCUT2D eigenvalue weighted by atomic mass is 31.2. The first kappa shape index (κ1) is 23.1. The zero-order valence-corrected chi connectivity index (χ0v) is 16.1. The number of hydrogen-bond acceptors (Lipinski definition) is 5. The van der Waals surface area contributed by atoms with Gasteiger partial charge in [0.15, 0.2) is 0 Å². The zero-order chi connectivity index (χ0) is 17.8. The van der Waals surface area contributed by atoms with E-state index in [0.29, 0.717) is 19.3 Å². The predicted molar refractivity (Wildman–Crippen MR) is 90.5 cm³/mol. The van der Waals surface area contributed by atoms with Crippen LogP contribution in [0.2, 0.25) is 0 Å². The Hall–Kier alpha value is 0.0800. The third kappa shape index (κ3) is 13.1. The van der Waals surface area contributed by atoms with Gasteiger partial charge in [-0.1, -0.05) is 72.0 Å². The van der Waals surface area contributed by atoms with Gasteiger partial charge in [0, 0.05) is 18.9 Å². The summed E-state index contributed by atoms with van der Waals surface area (Å²) in [6, 6.07) is 0. The van der Waals surface area contributed by atoms with Crippen LogP contribution in [0.3, 0.4) is 0 Å². The lowest BCUT2D eigenvalue weighted by Crippen LogP contribution is -2.26. The fourth-order valence-corrected chi connectivity index (χ4v) is 6.69. The quantitative estimate of drug-likeness (QED) is 0.251. The normalized spacial score (nSPS) is 16.0. The Bertz CT molecular complexity index is 405. The molecule has 0 aromatic rings. The van der Waals surface area contributed by atoms with Crippen molar-refractivity contribution in [1.82, 2.24) is 0 Å². The SMILES string of the molecule is C=CCCC(CCCCCCCCCC)P(=O)([O-])CP(=O)([O-])[O-]. The van der Waals surface area contributed by atoms with Crippen LogP contribution in [0.5, 0.6) is 0 Å². The molecule has 0 amide bonds. The topological polar surface area (TPSA) is 103 Å². The molecule has 0 N–H and O–H groups in total. The molecule has 23 heavy (non-hydrogen) atoms. The summed E-state index contributed by atoms with van der Waals surface area (Å²) in [5, 5.41) is 0. The van der Waals surface area contributed by atoms with Gasteiger partial charge >= 0.3 is 0 Å². The summed E-state index contributed by atoms with van der Waals surface area (Å²) < 4.78 is 22.9. The molecule has 0 aromatic heterocycles. The largest absolute Gasteiger partial charge is 0.810 e. The van der Waals surface area contributed by atoms with Crippen molar-refractivity contribution in [3.8, 4) is 0 Å². The van der Waals surface area contributed by atoms with Gasteiger partial charge in [-0.2, -0.15) is 0 Å². The molecule has 0 radical (unpaired) electrons. The van der Waals surface area contributed by atoms with Crippen LogP contribution in [0.25, 0.3) is 0 Å². The summed E-state index contributed by atoms with van der Waals surface area (Å²) in [6.45, 7) is 5.74. The van der Waals surface area contributed by atoms with Crippen LogP contribution in [0.15, 0.2) is 12.7 Å². The minimum absolute atomic E-state index is 0.348. The first-order chi connectivity index (χ1) is 10.7. The molecule has 0 spiro atoms. The maximum atomic E-state index is 12.1. The molecule has 5 nitrogen and oxygen atoms in total. The molecule has 0 aliphatic heterocycles. The molecular weight excluding hydrogens is 334 g/mol. The van der Waals surface area contributed by atoms with E-state index in [1.54, 1.807) is 6.08 Å². The average molecular weight is 365 g/mol. The van der Waals surface area contributed by atoms with Gasteiger partial charge in [0.25, 0.3) is 0 Å². The molecule has 0 aromatic carbocycles. The van der Waals surface area contributed by atoms with Gasteiger partial charge in [-0.05, 0) is 19.3 Å². The van der Waals surface area contributed by atoms with Crippen molar-refractivity contribution in [2.45, 2.75) is 83.2 Å². The van der Waals surface area contributed by atoms with Gasteiger partial charge in [0.05, 0.1) is 0 Å². The minimum Gasteiger partial charge on any atom is -0.810 e. The lowest BCUT2D eigenvalue weighted by atomic mass is 10.0.